The van der Waals surface area contributed by atoms with Crippen LogP contribution in [0.25, 0.3) is 5.53 Å². The molecule has 23 heavy (non-hydrogen) atoms. The Labute approximate surface area is 133 Å². The minimum atomic E-state index is -1.05. The maximum Gasteiger partial charge on any atom is 0.423 e. The van der Waals surface area contributed by atoms with E-state index in [1.165, 1.54) is 7.11 Å². The molecular weight excluding hydrogens is 300 g/mol. The van der Waals surface area contributed by atoms with Crippen LogP contribution < -0.4 is 4.74 Å². The average molecular weight is 318 g/mol. The van der Waals surface area contributed by atoms with Crippen molar-refractivity contribution < 1.29 is 28.6 Å². The van der Waals surface area contributed by atoms with Gasteiger partial charge in [-0.15, -0.1) is 0 Å². The van der Waals surface area contributed by atoms with E-state index in [2.05, 4.69) is 4.79 Å². The maximum atomic E-state index is 12.4. The van der Waals surface area contributed by atoms with Gasteiger partial charge in [-0.2, -0.15) is 4.79 Å². The topological polar surface area (TPSA) is 98.2 Å². The van der Waals surface area contributed by atoms with Gasteiger partial charge in [-0.3, -0.25) is 0 Å². The van der Waals surface area contributed by atoms with E-state index >= 15 is 0 Å². The second-order valence-electron chi connectivity index (χ2n) is 6.03. The van der Waals surface area contributed by atoms with Crippen LogP contribution in [-0.4, -0.2) is 42.3 Å². The lowest BCUT2D eigenvalue weighted by atomic mass is 9.90. The molecule has 1 aromatic rings. The lowest BCUT2D eigenvalue weighted by Gasteiger charge is -2.20. The highest BCUT2D eigenvalue weighted by Crippen LogP contribution is 2.31. The van der Waals surface area contributed by atoms with Crippen molar-refractivity contribution in [3.05, 3.63) is 34.9 Å². The molecule has 0 N–H and O–H groups in total. The summed E-state index contributed by atoms with van der Waals surface area (Å²) in [4.78, 5) is 27.1. The van der Waals surface area contributed by atoms with E-state index in [0.29, 0.717) is 5.75 Å². The Morgan fingerprint density at radius 3 is 2.65 bits per heavy atom. The van der Waals surface area contributed by atoms with Crippen molar-refractivity contribution in [2.45, 2.75) is 26.9 Å². The molecule has 1 saturated heterocycles. The minimum absolute atomic E-state index is 0.156. The molecule has 0 unspecified atom stereocenters. The number of carbonyl (C=O) groups is 2. The van der Waals surface area contributed by atoms with Gasteiger partial charge < -0.3 is 19.7 Å². The van der Waals surface area contributed by atoms with Gasteiger partial charge in [0.05, 0.1) is 7.11 Å². The number of cyclic esters (lactones) is 1. The van der Waals surface area contributed by atoms with Crippen LogP contribution in [-0.2, 0) is 19.1 Å². The van der Waals surface area contributed by atoms with E-state index in [-0.39, 0.29) is 17.9 Å². The van der Waals surface area contributed by atoms with Crippen LogP contribution in [0.15, 0.2) is 18.2 Å². The first kappa shape index (κ1) is 16.7. The van der Waals surface area contributed by atoms with E-state index in [0.717, 1.165) is 5.56 Å². The summed E-state index contributed by atoms with van der Waals surface area (Å²) in [6.45, 7) is 5.47. The van der Waals surface area contributed by atoms with Crippen LogP contribution in [0.1, 0.15) is 25.0 Å². The third kappa shape index (κ3) is 3.24. The summed E-state index contributed by atoms with van der Waals surface area (Å²) in [7, 11) is 1.44. The third-order valence-corrected chi connectivity index (χ3v) is 3.64. The fourth-order valence-corrected chi connectivity index (χ4v) is 2.31. The van der Waals surface area contributed by atoms with Crippen molar-refractivity contribution in [3.8, 4) is 5.75 Å². The van der Waals surface area contributed by atoms with Gasteiger partial charge in [0, 0.05) is 5.41 Å². The van der Waals surface area contributed by atoms with E-state index in [1.807, 2.05) is 6.92 Å². The average Bonchev–Trinajstić information content (AvgIpc) is 2.75. The van der Waals surface area contributed by atoms with Crippen LogP contribution >= 0.6 is 0 Å². The Morgan fingerprint density at radius 2 is 2.13 bits per heavy atom. The number of esters is 2. The fourth-order valence-electron chi connectivity index (χ4n) is 2.31. The molecule has 1 fully saturated rings. The molecule has 0 amide bonds. The molecule has 1 aliphatic heterocycles. The second-order valence-corrected chi connectivity index (χ2v) is 6.03. The molecule has 1 heterocycles. The molecule has 1 aromatic carbocycles. The van der Waals surface area contributed by atoms with Gasteiger partial charge >= 0.3 is 17.7 Å². The summed E-state index contributed by atoms with van der Waals surface area (Å²) in [6.07, 6.45) is -1.05. The highest BCUT2D eigenvalue weighted by molar-refractivity contribution is 6.41. The van der Waals surface area contributed by atoms with Gasteiger partial charge in [0.1, 0.15) is 17.9 Å². The van der Waals surface area contributed by atoms with Gasteiger partial charge in [-0.1, -0.05) is 19.9 Å². The minimum Gasteiger partial charge on any atom is -0.496 e. The Balaban J connectivity index is 2.32. The molecule has 0 aliphatic carbocycles. The van der Waals surface area contributed by atoms with Crippen LogP contribution in [0, 0.1) is 12.3 Å². The SMILES string of the molecule is COc1ccc(C)cc1C(=[N+]=[N-])C(=O)O[C@H]1C(=O)OCC1(C)C. The quantitative estimate of drug-likeness (QED) is 0.363. The number of aryl methyl sites for hydroxylation is 1. The van der Waals surface area contributed by atoms with Crippen LogP contribution in [0.5, 0.6) is 5.75 Å². The van der Waals surface area contributed by atoms with E-state index in [9.17, 15) is 15.1 Å². The third-order valence-electron chi connectivity index (χ3n) is 3.64. The second kappa shape index (κ2) is 6.22. The van der Waals surface area contributed by atoms with Gasteiger partial charge in [-0.25, -0.2) is 9.59 Å². The highest BCUT2D eigenvalue weighted by atomic mass is 16.6. The standard InChI is InChI=1S/C16H18N2O5/c1-9-5-6-11(21-4)10(7-9)12(18-17)14(19)23-13-15(20)22-8-16(13,2)3/h5-7,13H,8H2,1-4H3/t13-/m0/s1. The zero-order chi connectivity index (χ0) is 17.2. The van der Waals surface area contributed by atoms with E-state index < -0.39 is 23.5 Å². The first-order chi connectivity index (χ1) is 10.8. The molecule has 7 heteroatoms. The van der Waals surface area contributed by atoms with Crippen molar-refractivity contribution >= 4 is 17.7 Å². The largest absolute Gasteiger partial charge is 0.496 e. The Hall–Kier alpha value is -2.66. The lowest BCUT2D eigenvalue weighted by molar-refractivity contribution is -0.160. The van der Waals surface area contributed by atoms with Crippen LogP contribution in [0.4, 0.5) is 0 Å². The monoisotopic (exact) mass is 318 g/mol. The molecule has 122 valence electrons. The first-order valence-electron chi connectivity index (χ1n) is 7.05. The molecule has 0 spiro atoms. The van der Waals surface area contributed by atoms with Crippen LogP contribution in [0.3, 0.4) is 0 Å². The molecule has 0 bridgehead atoms. The van der Waals surface area contributed by atoms with Gasteiger partial charge in [0.25, 0.3) is 0 Å². The van der Waals surface area contributed by atoms with Gasteiger partial charge in [-0.05, 0) is 24.6 Å². The smallest absolute Gasteiger partial charge is 0.423 e. The number of methoxy groups -OCH3 is 1. The summed E-state index contributed by atoms with van der Waals surface area (Å²) in [6, 6.07) is 5.07. The maximum absolute atomic E-state index is 12.4. The normalized spacial score (nSPS) is 18.8. The Bertz CT molecular complexity index is 704. The predicted molar refractivity (Wildman–Crippen MR) is 80.1 cm³/mol. The number of rotatable bonds is 4. The predicted octanol–water partition coefficient (Wildman–Crippen LogP) is 1.52. The fraction of sp³-hybridized carbons (Fsp3) is 0.438. The molecule has 0 radical (unpaired) electrons. The Morgan fingerprint density at radius 1 is 1.43 bits per heavy atom. The van der Waals surface area contributed by atoms with Crippen molar-refractivity contribution in [1.29, 1.82) is 0 Å². The van der Waals surface area contributed by atoms with Crippen molar-refractivity contribution in [3.63, 3.8) is 0 Å². The molecule has 0 aromatic heterocycles. The summed E-state index contributed by atoms with van der Waals surface area (Å²) >= 11 is 0. The molecular formula is C16H18N2O5. The summed E-state index contributed by atoms with van der Waals surface area (Å²) < 4.78 is 15.3. The number of ether oxygens (including phenoxy) is 3. The highest BCUT2D eigenvalue weighted by Gasteiger charge is 2.48. The van der Waals surface area contributed by atoms with Gasteiger partial charge in [0.15, 0.2) is 0 Å². The first-order valence-corrected chi connectivity index (χ1v) is 7.05. The summed E-state index contributed by atoms with van der Waals surface area (Å²) in [5.74, 6) is -1.18. The lowest BCUT2D eigenvalue weighted by Crippen LogP contribution is -2.37. The molecule has 1 atom stereocenters. The van der Waals surface area contributed by atoms with E-state index in [1.54, 1.807) is 32.0 Å². The van der Waals surface area contributed by atoms with Crippen molar-refractivity contribution in [1.82, 2.24) is 0 Å². The molecule has 7 nitrogen and oxygen atoms in total. The van der Waals surface area contributed by atoms with Gasteiger partial charge in [0.2, 0.25) is 6.10 Å². The van der Waals surface area contributed by atoms with Crippen molar-refractivity contribution in [2.75, 3.05) is 13.7 Å². The number of nitrogens with zero attached hydrogens (tertiary/aromatic N) is 2. The zero-order valence-electron chi connectivity index (χ0n) is 13.5. The summed E-state index contributed by atoms with van der Waals surface area (Å²) in [5.41, 5.74) is 9.39. The summed E-state index contributed by atoms with van der Waals surface area (Å²) in [5, 5.41) is 0. The van der Waals surface area contributed by atoms with Crippen LogP contribution in [0.2, 0.25) is 0 Å². The molecule has 0 saturated carbocycles. The molecule has 1 aliphatic rings. The number of carbonyl (C=O) groups excluding carboxylic acids is 2. The number of benzene rings is 1. The number of hydrogen-bond acceptors (Lipinski definition) is 5. The van der Waals surface area contributed by atoms with E-state index in [4.69, 9.17) is 14.2 Å². The van der Waals surface area contributed by atoms with Crippen molar-refractivity contribution in [2.24, 2.45) is 5.41 Å². The Kier molecular flexibility index (Phi) is 4.52. The number of hydrogen-bond donors (Lipinski definition) is 0. The molecule has 2 rings (SSSR count). The zero-order valence-corrected chi connectivity index (χ0v) is 13.5.